The van der Waals surface area contributed by atoms with Crippen LogP contribution in [0.15, 0.2) is 0 Å². The van der Waals surface area contributed by atoms with Gasteiger partial charge in [-0.1, -0.05) is 41.5 Å². The van der Waals surface area contributed by atoms with Gasteiger partial charge in [0.2, 0.25) is 0 Å². The summed E-state index contributed by atoms with van der Waals surface area (Å²) in [4.78, 5) is 0. The van der Waals surface area contributed by atoms with Gasteiger partial charge in [0.15, 0.2) is 0 Å². The molecule has 0 aromatic rings. The maximum absolute atomic E-state index is 6.35. The predicted molar refractivity (Wildman–Crippen MR) is 128 cm³/mol. The smallest absolute Gasteiger partial charge is 0.0610 e. The van der Waals surface area contributed by atoms with Crippen molar-refractivity contribution < 1.29 is 9.47 Å². The summed E-state index contributed by atoms with van der Waals surface area (Å²) >= 11 is 0. The molecule has 4 unspecified atom stereocenters. The molecule has 0 spiro atoms. The molecule has 30 heavy (non-hydrogen) atoms. The Labute approximate surface area is 187 Å². The van der Waals surface area contributed by atoms with Gasteiger partial charge >= 0.3 is 0 Å². The molecule has 0 radical (unpaired) electrons. The molecular weight excluding hydrogens is 372 g/mol. The second kappa shape index (κ2) is 11.1. The molecule has 0 bridgehead atoms. The zero-order valence-electron chi connectivity index (χ0n) is 21.5. The number of piperidine rings is 2. The minimum atomic E-state index is 0.139. The van der Waals surface area contributed by atoms with Crippen molar-refractivity contribution in [1.82, 2.24) is 10.6 Å². The van der Waals surface area contributed by atoms with Crippen LogP contribution < -0.4 is 10.6 Å². The number of rotatable bonds is 10. The highest BCUT2D eigenvalue weighted by molar-refractivity contribution is 5.01. The second-order valence-corrected chi connectivity index (χ2v) is 12.0. The fraction of sp³-hybridized carbons (Fsp3) is 1.00. The van der Waals surface area contributed by atoms with Crippen LogP contribution in [0.3, 0.4) is 0 Å². The van der Waals surface area contributed by atoms with E-state index in [9.17, 15) is 0 Å². The first-order valence-corrected chi connectivity index (χ1v) is 12.7. The molecule has 0 aromatic heterocycles. The Balaban J connectivity index is 1.69. The summed E-state index contributed by atoms with van der Waals surface area (Å²) in [6.07, 6.45) is 7.44. The number of unbranched alkanes of at least 4 members (excludes halogenated alkanes) is 1. The number of ether oxygens (including phenoxy) is 2. The van der Waals surface area contributed by atoms with Gasteiger partial charge in [-0.3, -0.25) is 0 Å². The van der Waals surface area contributed by atoms with E-state index >= 15 is 0 Å². The normalized spacial score (nSPS) is 34.8. The van der Waals surface area contributed by atoms with Gasteiger partial charge in [0.25, 0.3) is 0 Å². The van der Waals surface area contributed by atoms with Crippen molar-refractivity contribution in [2.24, 2.45) is 17.8 Å². The monoisotopic (exact) mass is 424 g/mol. The average Bonchev–Trinajstić information content (AvgIpc) is 2.62. The quantitative estimate of drug-likeness (QED) is 0.451. The molecule has 0 saturated carbocycles. The highest BCUT2D eigenvalue weighted by atomic mass is 16.5. The first kappa shape index (κ1) is 26.1. The summed E-state index contributed by atoms with van der Waals surface area (Å²) < 4.78 is 12.7. The molecule has 2 heterocycles. The Morgan fingerprint density at radius 1 is 0.767 bits per heavy atom. The van der Waals surface area contributed by atoms with Gasteiger partial charge in [0.05, 0.1) is 12.2 Å². The molecule has 178 valence electrons. The highest BCUT2D eigenvalue weighted by Crippen LogP contribution is 2.35. The molecule has 2 saturated heterocycles. The van der Waals surface area contributed by atoms with Crippen molar-refractivity contribution in [3.8, 4) is 0 Å². The van der Waals surface area contributed by atoms with Crippen LogP contribution in [0.25, 0.3) is 0 Å². The fourth-order valence-corrected chi connectivity index (χ4v) is 5.33. The molecule has 2 aliphatic heterocycles. The highest BCUT2D eigenvalue weighted by Gasteiger charge is 2.42. The third-order valence-corrected chi connectivity index (χ3v) is 7.60. The van der Waals surface area contributed by atoms with E-state index in [1.54, 1.807) is 0 Å². The van der Waals surface area contributed by atoms with E-state index in [0.717, 1.165) is 51.7 Å². The average molecular weight is 425 g/mol. The molecule has 0 aromatic carbocycles. The number of nitrogens with one attached hydrogen (secondary N) is 2. The first-order valence-electron chi connectivity index (χ1n) is 12.7. The largest absolute Gasteiger partial charge is 0.378 e. The Kier molecular flexibility index (Phi) is 9.67. The van der Waals surface area contributed by atoms with Crippen LogP contribution in [0, 0.1) is 17.8 Å². The molecule has 2 fully saturated rings. The molecule has 0 aliphatic carbocycles. The van der Waals surface area contributed by atoms with Crippen molar-refractivity contribution in [2.75, 3.05) is 13.2 Å². The molecule has 2 N–H and O–H groups in total. The van der Waals surface area contributed by atoms with Gasteiger partial charge < -0.3 is 20.1 Å². The van der Waals surface area contributed by atoms with Gasteiger partial charge in [0, 0.05) is 36.4 Å². The van der Waals surface area contributed by atoms with E-state index in [1.807, 2.05) is 0 Å². The summed E-state index contributed by atoms with van der Waals surface area (Å²) in [6, 6.07) is 1.16. The lowest BCUT2D eigenvalue weighted by Crippen LogP contribution is -2.63. The minimum absolute atomic E-state index is 0.139. The summed E-state index contributed by atoms with van der Waals surface area (Å²) in [5.41, 5.74) is 0.296. The maximum Gasteiger partial charge on any atom is 0.0610 e. The lowest BCUT2D eigenvalue weighted by atomic mass is 9.74. The molecular formula is C26H52N2O2. The Bertz CT molecular complexity index is 489. The number of hydrogen-bond donors (Lipinski definition) is 2. The van der Waals surface area contributed by atoms with Crippen molar-refractivity contribution in [1.29, 1.82) is 0 Å². The van der Waals surface area contributed by atoms with Gasteiger partial charge in [-0.15, -0.1) is 0 Å². The third-order valence-electron chi connectivity index (χ3n) is 7.60. The summed E-state index contributed by atoms with van der Waals surface area (Å²) in [6.45, 7) is 22.6. The fourth-order valence-electron chi connectivity index (χ4n) is 5.33. The van der Waals surface area contributed by atoms with Crippen LogP contribution in [-0.4, -0.2) is 48.6 Å². The summed E-state index contributed by atoms with van der Waals surface area (Å²) in [7, 11) is 0. The lowest BCUT2D eigenvalue weighted by molar-refractivity contribution is -0.0418. The van der Waals surface area contributed by atoms with Crippen molar-refractivity contribution in [2.45, 2.75) is 136 Å². The molecule has 4 heteroatoms. The Hall–Kier alpha value is -0.160. The van der Waals surface area contributed by atoms with Crippen molar-refractivity contribution in [3.05, 3.63) is 0 Å². The Morgan fingerprint density at radius 3 is 1.73 bits per heavy atom. The minimum Gasteiger partial charge on any atom is -0.378 e. The lowest BCUT2D eigenvalue weighted by Gasteiger charge is -2.50. The van der Waals surface area contributed by atoms with Crippen molar-refractivity contribution >= 4 is 0 Å². The van der Waals surface area contributed by atoms with Crippen LogP contribution in [0.5, 0.6) is 0 Å². The Morgan fingerprint density at radius 2 is 1.27 bits per heavy atom. The SMILES string of the molecule is CC(C)C1CC(OCCCCOC2CC(C)(C)NC(C)(C(C)C)C2)CC(C(C)C)N1. The van der Waals surface area contributed by atoms with Crippen LogP contribution >= 0.6 is 0 Å². The van der Waals surface area contributed by atoms with E-state index < -0.39 is 0 Å². The maximum atomic E-state index is 6.35. The van der Waals surface area contributed by atoms with Crippen LogP contribution in [0.4, 0.5) is 0 Å². The molecule has 0 amide bonds. The van der Waals surface area contributed by atoms with Gasteiger partial charge in [-0.25, -0.2) is 0 Å². The predicted octanol–water partition coefficient (Wildman–Crippen LogP) is 5.55. The van der Waals surface area contributed by atoms with Gasteiger partial charge in [-0.2, -0.15) is 0 Å². The standard InChI is InChI=1S/C26H52N2O2/c1-18(2)23-14-21(15-24(27-23)19(3)4)29-12-10-11-13-30-22-16-25(7,8)28-26(9,17-22)20(5)6/h18-24,27-28H,10-17H2,1-9H3. The molecule has 2 rings (SSSR count). The summed E-state index contributed by atoms with van der Waals surface area (Å²) in [5, 5.41) is 7.71. The zero-order chi connectivity index (χ0) is 22.5. The van der Waals surface area contributed by atoms with Crippen molar-refractivity contribution in [3.63, 3.8) is 0 Å². The number of hydrogen-bond acceptors (Lipinski definition) is 4. The molecule has 4 atom stereocenters. The third kappa shape index (κ3) is 7.76. The van der Waals surface area contributed by atoms with E-state index in [4.69, 9.17) is 9.47 Å². The van der Waals surface area contributed by atoms with E-state index in [0.29, 0.717) is 42.0 Å². The second-order valence-electron chi connectivity index (χ2n) is 12.0. The van der Waals surface area contributed by atoms with E-state index in [1.165, 1.54) is 0 Å². The van der Waals surface area contributed by atoms with E-state index in [-0.39, 0.29) is 11.1 Å². The van der Waals surface area contributed by atoms with Crippen LogP contribution in [-0.2, 0) is 9.47 Å². The molecule has 2 aliphatic rings. The first-order chi connectivity index (χ1) is 13.9. The van der Waals surface area contributed by atoms with Gasteiger partial charge in [0.1, 0.15) is 0 Å². The van der Waals surface area contributed by atoms with Crippen LogP contribution in [0.1, 0.15) is 101 Å². The summed E-state index contributed by atoms with van der Waals surface area (Å²) in [5.74, 6) is 1.93. The molecule has 4 nitrogen and oxygen atoms in total. The zero-order valence-corrected chi connectivity index (χ0v) is 21.5. The van der Waals surface area contributed by atoms with E-state index in [2.05, 4.69) is 72.9 Å². The topological polar surface area (TPSA) is 42.5 Å². The van der Waals surface area contributed by atoms with Crippen LogP contribution in [0.2, 0.25) is 0 Å². The van der Waals surface area contributed by atoms with Gasteiger partial charge in [-0.05, 0) is 77.0 Å².